The minimum atomic E-state index is -1.05. The highest BCUT2D eigenvalue weighted by molar-refractivity contribution is 6.53. The van der Waals surface area contributed by atoms with Gasteiger partial charge in [-0.2, -0.15) is 0 Å². The summed E-state index contributed by atoms with van der Waals surface area (Å²) < 4.78 is 3.84. The van der Waals surface area contributed by atoms with E-state index in [0.717, 1.165) is 0 Å². The number of nitrogens with one attached hydrogen (secondary N) is 2. The molecule has 5 nitrogen and oxygen atoms in total. The number of ether oxygens (including phenoxy) is 1. The molecule has 0 aliphatic heterocycles. The van der Waals surface area contributed by atoms with Crippen molar-refractivity contribution >= 4 is 40.7 Å². The van der Waals surface area contributed by atoms with E-state index in [1.54, 1.807) is 38.3 Å². The molecule has 0 bridgehead atoms. The number of carbonyl (C=O) groups excluding carboxylic acids is 2. The van der Waals surface area contributed by atoms with Gasteiger partial charge in [0.15, 0.2) is 0 Å². The van der Waals surface area contributed by atoms with E-state index < -0.39 is 9.75 Å². The molecule has 1 aliphatic carbocycles. The Balaban J connectivity index is 2.09. The van der Waals surface area contributed by atoms with Crippen LogP contribution < -0.4 is 10.6 Å². The molecule has 1 fully saturated rings. The van der Waals surface area contributed by atoms with Gasteiger partial charge in [-0.05, 0) is 25.5 Å². The molecule has 1 aromatic carbocycles. The van der Waals surface area contributed by atoms with Crippen LogP contribution in [0.25, 0.3) is 0 Å². The number of alkyl halides is 2. The van der Waals surface area contributed by atoms with Crippen molar-refractivity contribution in [2.45, 2.75) is 17.7 Å². The first-order chi connectivity index (χ1) is 10.3. The summed E-state index contributed by atoms with van der Waals surface area (Å²) in [6, 6.07) is 6.78. The molecule has 1 aliphatic rings. The minimum absolute atomic E-state index is 0.281. The average Bonchev–Trinajstić information content (AvgIpc) is 3.00. The molecule has 1 aromatic rings. The molecule has 2 amide bonds. The van der Waals surface area contributed by atoms with Crippen LogP contribution in [0.15, 0.2) is 24.3 Å². The Kier molecular flexibility index (Phi) is 5.00. The minimum Gasteiger partial charge on any atom is -0.383 e. The topological polar surface area (TPSA) is 67.4 Å². The maximum absolute atomic E-state index is 12.3. The lowest BCUT2D eigenvalue weighted by Gasteiger charge is -2.15. The van der Waals surface area contributed by atoms with Gasteiger partial charge in [0.25, 0.3) is 5.91 Å². The zero-order valence-electron chi connectivity index (χ0n) is 12.4. The van der Waals surface area contributed by atoms with Gasteiger partial charge in [0.05, 0.1) is 23.3 Å². The lowest BCUT2D eigenvalue weighted by Crippen LogP contribution is -2.30. The van der Waals surface area contributed by atoms with E-state index in [2.05, 4.69) is 10.6 Å². The SMILES string of the molecule is COCCNC(=O)c1ccccc1NC(=O)[C@]1(C)CC1(Cl)Cl. The summed E-state index contributed by atoms with van der Waals surface area (Å²) in [6.45, 7) is 2.50. The zero-order chi connectivity index (χ0) is 16.4. The zero-order valence-corrected chi connectivity index (χ0v) is 13.9. The van der Waals surface area contributed by atoms with Crippen molar-refractivity contribution in [1.29, 1.82) is 0 Å². The van der Waals surface area contributed by atoms with Crippen LogP contribution in [0.2, 0.25) is 0 Å². The average molecular weight is 345 g/mol. The lowest BCUT2D eigenvalue weighted by molar-refractivity contribution is -0.120. The Hall–Kier alpha value is -1.30. The Bertz CT molecular complexity index is 592. The van der Waals surface area contributed by atoms with Crippen molar-refractivity contribution in [3.8, 4) is 0 Å². The predicted octanol–water partition coefficient (Wildman–Crippen LogP) is 2.59. The molecule has 0 saturated heterocycles. The molecule has 7 heteroatoms. The first-order valence-corrected chi connectivity index (χ1v) is 7.63. The Labute approximate surface area is 139 Å². The van der Waals surface area contributed by atoms with E-state index in [4.69, 9.17) is 27.9 Å². The van der Waals surface area contributed by atoms with Gasteiger partial charge in [-0.15, -0.1) is 23.2 Å². The molecule has 2 rings (SSSR count). The fraction of sp³-hybridized carbons (Fsp3) is 0.467. The van der Waals surface area contributed by atoms with Crippen molar-refractivity contribution < 1.29 is 14.3 Å². The van der Waals surface area contributed by atoms with E-state index in [0.29, 0.717) is 30.8 Å². The molecule has 120 valence electrons. The summed E-state index contributed by atoms with van der Waals surface area (Å²) in [5.41, 5.74) is -0.0268. The number of methoxy groups -OCH3 is 1. The highest BCUT2D eigenvalue weighted by Crippen LogP contribution is 2.64. The molecule has 0 unspecified atom stereocenters. The van der Waals surface area contributed by atoms with Crippen molar-refractivity contribution in [1.82, 2.24) is 5.32 Å². The number of rotatable bonds is 6. The largest absolute Gasteiger partial charge is 0.383 e. The monoisotopic (exact) mass is 344 g/mol. The second kappa shape index (κ2) is 6.44. The molecule has 22 heavy (non-hydrogen) atoms. The van der Waals surface area contributed by atoms with Crippen LogP contribution in [0, 0.1) is 5.41 Å². The van der Waals surface area contributed by atoms with Gasteiger partial charge in [-0.1, -0.05) is 12.1 Å². The van der Waals surface area contributed by atoms with E-state index in [1.165, 1.54) is 0 Å². The van der Waals surface area contributed by atoms with Gasteiger partial charge in [0.2, 0.25) is 5.91 Å². The molecule has 0 spiro atoms. The van der Waals surface area contributed by atoms with Crippen LogP contribution in [0.4, 0.5) is 5.69 Å². The van der Waals surface area contributed by atoms with E-state index >= 15 is 0 Å². The van der Waals surface area contributed by atoms with Gasteiger partial charge in [0.1, 0.15) is 4.33 Å². The van der Waals surface area contributed by atoms with Gasteiger partial charge >= 0.3 is 0 Å². The smallest absolute Gasteiger partial charge is 0.253 e. The third-order valence-electron chi connectivity index (χ3n) is 3.77. The van der Waals surface area contributed by atoms with Gasteiger partial charge in [-0.25, -0.2) is 0 Å². The number of halogens is 2. The van der Waals surface area contributed by atoms with Crippen LogP contribution in [-0.2, 0) is 9.53 Å². The standard InChI is InChI=1S/C15H18Cl2N2O3/c1-14(9-15(14,16)17)13(21)19-11-6-4-3-5-10(11)12(20)18-7-8-22-2/h3-6H,7-9H2,1-2H3,(H,18,20)(H,19,21)/t14-/m0/s1. The number of para-hydroxylation sites is 1. The Morgan fingerprint density at radius 3 is 2.55 bits per heavy atom. The highest BCUT2D eigenvalue weighted by atomic mass is 35.5. The normalized spacial score (nSPS) is 22.0. The van der Waals surface area contributed by atoms with Crippen LogP contribution in [-0.4, -0.2) is 36.4 Å². The van der Waals surface area contributed by atoms with Crippen molar-refractivity contribution in [2.24, 2.45) is 5.41 Å². The second-order valence-electron chi connectivity index (χ2n) is 5.46. The maximum atomic E-state index is 12.3. The fourth-order valence-corrected chi connectivity index (χ4v) is 2.76. The maximum Gasteiger partial charge on any atom is 0.253 e. The summed E-state index contributed by atoms with van der Waals surface area (Å²) in [6.07, 6.45) is 0.386. The number of anilines is 1. The molecular formula is C15H18Cl2N2O3. The fourth-order valence-electron chi connectivity index (χ4n) is 2.06. The summed E-state index contributed by atoms with van der Waals surface area (Å²) >= 11 is 12.0. The summed E-state index contributed by atoms with van der Waals surface area (Å²) in [4.78, 5) is 24.5. The van der Waals surface area contributed by atoms with Crippen molar-refractivity contribution in [3.63, 3.8) is 0 Å². The van der Waals surface area contributed by atoms with Crippen LogP contribution >= 0.6 is 23.2 Å². The van der Waals surface area contributed by atoms with Crippen LogP contribution in [0.3, 0.4) is 0 Å². The molecule has 2 N–H and O–H groups in total. The van der Waals surface area contributed by atoms with Gasteiger partial charge in [-0.3, -0.25) is 9.59 Å². The van der Waals surface area contributed by atoms with E-state index in [1.807, 2.05) is 0 Å². The molecular weight excluding hydrogens is 327 g/mol. The van der Waals surface area contributed by atoms with Crippen LogP contribution in [0.5, 0.6) is 0 Å². The number of hydrogen-bond acceptors (Lipinski definition) is 3. The van der Waals surface area contributed by atoms with Crippen LogP contribution in [0.1, 0.15) is 23.7 Å². The summed E-state index contributed by atoms with van der Waals surface area (Å²) in [7, 11) is 1.56. The Morgan fingerprint density at radius 2 is 1.95 bits per heavy atom. The molecule has 0 aromatic heterocycles. The Morgan fingerprint density at radius 1 is 1.32 bits per heavy atom. The first-order valence-electron chi connectivity index (χ1n) is 6.87. The number of carbonyl (C=O) groups is 2. The van der Waals surface area contributed by atoms with Gasteiger partial charge < -0.3 is 15.4 Å². The second-order valence-corrected chi connectivity index (χ2v) is 6.95. The quantitative estimate of drug-likeness (QED) is 0.615. The summed E-state index contributed by atoms with van der Waals surface area (Å²) in [5, 5.41) is 5.46. The number of amides is 2. The van der Waals surface area contributed by atoms with Crippen molar-refractivity contribution in [2.75, 3.05) is 25.6 Å². The number of hydrogen-bond donors (Lipinski definition) is 2. The van der Waals surface area contributed by atoms with Gasteiger partial charge in [0, 0.05) is 13.7 Å². The molecule has 1 atom stereocenters. The molecule has 1 saturated carbocycles. The van der Waals surface area contributed by atoms with Crippen molar-refractivity contribution in [3.05, 3.63) is 29.8 Å². The van der Waals surface area contributed by atoms with E-state index in [-0.39, 0.29) is 11.8 Å². The molecule has 0 heterocycles. The first kappa shape index (κ1) is 17.1. The predicted molar refractivity (Wildman–Crippen MR) is 86.4 cm³/mol. The third kappa shape index (κ3) is 3.37. The number of benzene rings is 1. The van der Waals surface area contributed by atoms with E-state index in [9.17, 15) is 9.59 Å². The third-order valence-corrected chi connectivity index (χ3v) is 4.87. The lowest BCUT2D eigenvalue weighted by atomic mass is 10.1. The highest BCUT2D eigenvalue weighted by Gasteiger charge is 2.67. The summed E-state index contributed by atoms with van der Waals surface area (Å²) in [5.74, 6) is -0.577. The molecule has 0 radical (unpaired) electrons.